The van der Waals surface area contributed by atoms with Crippen LogP contribution < -0.4 is 4.31 Å². The monoisotopic (exact) mass is 255 g/mol. The van der Waals surface area contributed by atoms with E-state index in [1.165, 1.54) is 4.31 Å². The molecule has 4 heteroatoms. The lowest BCUT2D eigenvalue weighted by molar-refractivity contribution is 0.574. The molecule has 0 aromatic heterocycles. The minimum absolute atomic E-state index is 0.279. The highest BCUT2D eigenvalue weighted by Gasteiger charge is 2.25. The Morgan fingerprint density at radius 1 is 1.06 bits per heavy atom. The maximum absolute atomic E-state index is 11.8. The van der Waals surface area contributed by atoms with Gasteiger partial charge in [-0.25, -0.2) is 8.42 Å². The summed E-state index contributed by atoms with van der Waals surface area (Å²) in [7, 11) is -3.06. The fourth-order valence-electron chi connectivity index (χ4n) is 1.79. The maximum atomic E-state index is 11.8. The van der Waals surface area contributed by atoms with Crippen LogP contribution in [0.2, 0.25) is 0 Å². The highest BCUT2D eigenvalue weighted by Crippen LogP contribution is 2.23. The van der Waals surface area contributed by atoms with Crippen molar-refractivity contribution in [3.63, 3.8) is 0 Å². The second-order valence-electron chi connectivity index (χ2n) is 3.93. The molecule has 0 aliphatic carbocycles. The van der Waals surface area contributed by atoms with Gasteiger partial charge in [-0.3, -0.25) is 4.31 Å². The van der Waals surface area contributed by atoms with Gasteiger partial charge in [0.1, 0.15) is 0 Å². The van der Waals surface area contributed by atoms with Gasteiger partial charge in [-0.1, -0.05) is 31.5 Å². The van der Waals surface area contributed by atoms with Gasteiger partial charge >= 0.3 is 0 Å². The molecule has 1 aromatic rings. The van der Waals surface area contributed by atoms with Gasteiger partial charge in [-0.05, 0) is 31.9 Å². The topological polar surface area (TPSA) is 37.4 Å². The van der Waals surface area contributed by atoms with Crippen LogP contribution in [-0.2, 0) is 10.0 Å². The van der Waals surface area contributed by atoms with Crippen LogP contribution in [-0.4, -0.2) is 20.7 Å². The Labute approximate surface area is 105 Å². The van der Waals surface area contributed by atoms with Gasteiger partial charge < -0.3 is 0 Å². The quantitative estimate of drug-likeness (QED) is 0.773. The van der Waals surface area contributed by atoms with Crippen LogP contribution in [0.3, 0.4) is 0 Å². The molecule has 0 saturated carbocycles. The van der Waals surface area contributed by atoms with Crippen molar-refractivity contribution in [3.8, 4) is 0 Å². The van der Waals surface area contributed by atoms with E-state index in [1.807, 2.05) is 45.0 Å². The number of sulfonamides is 1. The molecule has 0 unspecified atom stereocenters. The number of hydrogen-bond donors (Lipinski definition) is 0. The molecule has 0 amide bonds. The molecule has 3 nitrogen and oxygen atoms in total. The average Bonchev–Trinajstić information content (AvgIpc) is 2.33. The van der Waals surface area contributed by atoms with Crippen LogP contribution in [0.1, 0.15) is 32.3 Å². The van der Waals surface area contributed by atoms with E-state index in [0.717, 1.165) is 24.1 Å². The summed E-state index contributed by atoms with van der Waals surface area (Å²) < 4.78 is 25.1. The smallest absolute Gasteiger partial charge is 0.235 e. The Kier molecular flexibility index (Phi) is 5.00. The Morgan fingerprint density at radius 2 is 1.65 bits per heavy atom. The maximum Gasteiger partial charge on any atom is 0.235 e. The summed E-state index contributed by atoms with van der Waals surface area (Å²) in [5.74, 6) is 0.279. The van der Waals surface area contributed by atoms with Crippen LogP contribution in [0.15, 0.2) is 24.3 Å². The molecule has 17 heavy (non-hydrogen) atoms. The zero-order valence-electron chi connectivity index (χ0n) is 10.8. The van der Waals surface area contributed by atoms with E-state index >= 15 is 0 Å². The van der Waals surface area contributed by atoms with Gasteiger partial charge in [-0.2, -0.15) is 0 Å². The van der Waals surface area contributed by atoms with Crippen LogP contribution in [0.4, 0.5) is 5.69 Å². The number of benzene rings is 1. The summed E-state index contributed by atoms with van der Waals surface area (Å²) >= 11 is 0. The molecule has 0 spiro atoms. The standard InChI is InChI=1S/C11H15NO2S.C2H6/c1-10-4-6-11(7-5-10)12-8-2-3-9-15(12,13)14;1-2/h4-7H,2-3,8-9H2,1H3;1-2H3. The normalized spacial score (nSPS) is 18.2. The zero-order valence-corrected chi connectivity index (χ0v) is 11.6. The fourth-order valence-corrected chi connectivity index (χ4v) is 3.43. The van der Waals surface area contributed by atoms with E-state index in [1.54, 1.807) is 0 Å². The van der Waals surface area contributed by atoms with Crippen LogP contribution in [0.5, 0.6) is 0 Å². The van der Waals surface area contributed by atoms with E-state index in [4.69, 9.17) is 0 Å². The predicted octanol–water partition coefficient (Wildman–Crippen LogP) is 2.95. The third-order valence-corrected chi connectivity index (χ3v) is 4.54. The number of rotatable bonds is 1. The van der Waals surface area contributed by atoms with E-state index in [-0.39, 0.29) is 5.75 Å². The molecule has 1 saturated heterocycles. The first-order valence-electron chi connectivity index (χ1n) is 6.17. The van der Waals surface area contributed by atoms with Gasteiger partial charge in [0, 0.05) is 6.54 Å². The molecular formula is C13H21NO2S. The van der Waals surface area contributed by atoms with Crippen molar-refractivity contribution in [2.75, 3.05) is 16.6 Å². The average molecular weight is 255 g/mol. The highest BCUT2D eigenvalue weighted by molar-refractivity contribution is 7.92. The second-order valence-corrected chi connectivity index (χ2v) is 5.94. The van der Waals surface area contributed by atoms with E-state index in [0.29, 0.717) is 6.54 Å². The predicted molar refractivity (Wildman–Crippen MR) is 72.9 cm³/mol. The van der Waals surface area contributed by atoms with Crippen molar-refractivity contribution in [1.29, 1.82) is 0 Å². The van der Waals surface area contributed by atoms with Crippen molar-refractivity contribution in [1.82, 2.24) is 0 Å². The first kappa shape index (κ1) is 14.0. The molecule has 0 bridgehead atoms. The van der Waals surface area contributed by atoms with Crippen LogP contribution in [0, 0.1) is 6.92 Å². The van der Waals surface area contributed by atoms with Gasteiger partial charge in [0.2, 0.25) is 10.0 Å². The summed E-state index contributed by atoms with van der Waals surface area (Å²) in [5, 5.41) is 0. The molecule has 1 fully saturated rings. The molecule has 1 aromatic carbocycles. The first-order valence-corrected chi connectivity index (χ1v) is 7.77. The Balaban J connectivity index is 0.000000686. The van der Waals surface area contributed by atoms with E-state index in [9.17, 15) is 8.42 Å². The number of anilines is 1. The molecule has 1 aliphatic rings. The number of nitrogens with zero attached hydrogens (tertiary/aromatic N) is 1. The molecule has 0 N–H and O–H groups in total. The lowest BCUT2D eigenvalue weighted by Gasteiger charge is -2.28. The van der Waals surface area contributed by atoms with Crippen molar-refractivity contribution < 1.29 is 8.42 Å². The fraction of sp³-hybridized carbons (Fsp3) is 0.538. The molecule has 0 atom stereocenters. The van der Waals surface area contributed by atoms with Gasteiger partial charge in [0.05, 0.1) is 11.4 Å². The minimum atomic E-state index is -3.06. The summed E-state index contributed by atoms with van der Waals surface area (Å²) in [6.45, 7) is 6.61. The van der Waals surface area contributed by atoms with Crippen molar-refractivity contribution in [3.05, 3.63) is 29.8 Å². The van der Waals surface area contributed by atoms with Crippen LogP contribution in [0.25, 0.3) is 0 Å². The summed E-state index contributed by atoms with van der Waals surface area (Å²) in [6, 6.07) is 7.63. The largest absolute Gasteiger partial charge is 0.270 e. The molecule has 0 radical (unpaired) electrons. The van der Waals surface area contributed by atoms with Gasteiger partial charge in [-0.15, -0.1) is 0 Å². The third-order valence-electron chi connectivity index (χ3n) is 2.67. The molecule has 96 valence electrons. The minimum Gasteiger partial charge on any atom is -0.270 e. The number of aryl methyl sites for hydroxylation is 1. The highest BCUT2D eigenvalue weighted by atomic mass is 32.2. The van der Waals surface area contributed by atoms with Gasteiger partial charge in [0.15, 0.2) is 0 Å². The second kappa shape index (κ2) is 6.05. The summed E-state index contributed by atoms with van der Waals surface area (Å²) in [4.78, 5) is 0. The summed E-state index contributed by atoms with van der Waals surface area (Å²) in [5.41, 5.74) is 1.94. The van der Waals surface area contributed by atoms with Crippen LogP contribution >= 0.6 is 0 Å². The molecule has 1 heterocycles. The lowest BCUT2D eigenvalue weighted by atomic mass is 10.2. The Hall–Kier alpha value is -1.03. The summed E-state index contributed by atoms with van der Waals surface area (Å²) in [6.07, 6.45) is 1.73. The first-order chi connectivity index (χ1) is 8.09. The third kappa shape index (κ3) is 3.46. The SMILES string of the molecule is CC.Cc1ccc(N2CCCCS2(=O)=O)cc1. The zero-order chi connectivity index (χ0) is 12.9. The van der Waals surface area contributed by atoms with Gasteiger partial charge in [0.25, 0.3) is 0 Å². The van der Waals surface area contributed by atoms with E-state index in [2.05, 4.69) is 0 Å². The van der Waals surface area contributed by atoms with Crippen molar-refractivity contribution in [2.24, 2.45) is 0 Å². The molecule has 1 aliphatic heterocycles. The Morgan fingerprint density at radius 3 is 2.18 bits per heavy atom. The number of hydrogen-bond acceptors (Lipinski definition) is 2. The lowest BCUT2D eigenvalue weighted by Crippen LogP contribution is -2.37. The van der Waals surface area contributed by atoms with Crippen molar-refractivity contribution in [2.45, 2.75) is 33.6 Å². The van der Waals surface area contributed by atoms with Crippen molar-refractivity contribution >= 4 is 15.7 Å². The Bertz CT molecular complexity index is 437. The van der Waals surface area contributed by atoms with E-state index < -0.39 is 10.0 Å². The molecule has 2 rings (SSSR count). The molecular weight excluding hydrogens is 234 g/mol.